The quantitative estimate of drug-likeness (QED) is 0.725. The highest BCUT2D eigenvalue weighted by Gasteiger charge is 2.11. The molecular formula is C17H28N2. The lowest BCUT2D eigenvalue weighted by Gasteiger charge is -2.24. The molecule has 1 heterocycles. The summed E-state index contributed by atoms with van der Waals surface area (Å²) in [5, 5.41) is 7.12. The Morgan fingerprint density at radius 2 is 2.00 bits per heavy atom. The minimum absolute atomic E-state index is 0.651. The first-order valence-corrected chi connectivity index (χ1v) is 7.94. The Bertz CT molecular complexity index is 339. The summed E-state index contributed by atoms with van der Waals surface area (Å²) in [5.74, 6) is 0. The normalized spacial score (nSPS) is 19.3. The third kappa shape index (κ3) is 5.23. The van der Waals surface area contributed by atoms with Crippen molar-refractivity contribution in [3.63, 3.8) is 0 Å². The van der Waals surface area contributed by atoms with Gasteiger partial charge in [0.2, 0.25) is 0 Å². The van der Waals surface area contributed by atoms with Gasteiger partial charge >= 0.3 is 0 Å². The molecule has 1 aromatic carbocycles. The molecule has 2 heteroatoms. The third-order valence-electron chi connectivity index (χ3n) is 3.99. The molecule has 0 saturated carbocycles. The molecule has 106 valence electrons. The number of anilines is 1. The zero-order valence-corrected chi connectivity index (χ0v) is 12.3. The number of piperidine rings is 1. The van der Waals surface area contributed by atoms with Crippen molar-refractivity contribution < 1.29 is 0 Å². The molecule has 2 N–H and O–H groups in total. The Hall–Kier alpha value is -1.02. The van der Waals surface area contributed by atoms with Gasteiger partial charge < -0.3 is 10.6 Å². The average Bonchev–Trinajstić information content (AvgIpc) is 2.48. The maximum Gasteiger partial charge on any atom is 0.0340 e. The molecule has 1 unspecified atom stereocenters. The van der Waals surface area contributed by atoms with Crippen LogP contribution < -0.4 is 10.6 Å². The number of rotatable bonds is 7. The van der Waals surface area contributed by atoms with Crippen LogP contribution in [0.4, 0.5) is 5.69 Å². The second-order valence-corrected chi connectivity index (χ2v) is 5.68. The molecule has 1 aliphatic heterocycles. The zero-order valence-electron chi connectivity index (χ0n) is 12.3. The van der Waals surface area contributed by atoms with Gasteiger partial charge in [0.15, 0.2) is 0 Å². The zero-order chi connectivity index (χ0) is 13.3. The van der Waals surface area contributed by atoms with Crippen LogP contribution >= 0.6 is 0 Å². The number of hydrogen-bond donors (Lipinski definition) is 2. The molecule has 1 aliphatic rings. The van der Waals surface area contributed by atoms with Crippen LogP contribution in [0.2, 0.25) is 0 Å². The van der Waals surface area contributed by atoms with Crippen molar-refractivity contribution in [1.82, 2.24) is 5.32 Å². The molecule has 0 aliphatic carbocycles. The van der Waals surface area contributed by atoms with Crippen LogP contribution in [0.5, 0.6) is 0 Å². The highest BCUT2D eigenvalue weighted by atomic mass is 15.0. The van der Waals surface area contributed by atoms with Crippen LogP contribution in [0.3, 0.4) is 0 Å². The van der Waals surface area contributed by atoms with Gasteiger partial charge in [-0.1, -0.05) is 38.3 Å². The fourth-order valence-corrected chi connectivity index (χ4v) is 2.71. The van der Waals surface area contributed by atoms with Crippen LogP contribution in [-0.4, -0.2) is 19.1 Å². The van der Waals surface area contributed by atoms with E-state index in [1.807, 2.05) is 0 Å². The average molecular weight is 260 g/mol. The fourth-order valence-electron chi connectivity index (χ4n) is 2.71. The van der Waals surface area contributed by atoms with E-state index in [1.54, 1.807) is 0 Å². The summed E-state index contributed by atoms with van der Waals surface area (Å²) in [6.07, 6.45) is 9.19. The summed E-state index contributed by atoms with van der Waals surface area (Å²) in [7, 11) is 0. The van der Waals surface area contributed by atoms with Crippen LogP contribution in [0, 0.1) is 0 Å². The van der Waals surface area contributed by atoms with Crippen molar-refractivity contribution in [2.75, 3.05) is 18.4 Å². The number of nitrogens with one attached hydrogen (secondary N) is 2. The highest BCUT2D eigenvalue weighted by Crippen LogP contribution is 2.13. The Labute approximate surface area is 118 Å². The molecule has 2 rings (SSSR count). The molecule has 1 saturated heterocycles. The Balaban J connectivity index is 1.71. The first kappa shape index (κ1) is 14.4. The molecule has 0 radical (unpaired) electrons. The van der Waals surface area contributed by atoms with Gasteiger partial charge in [0.25, 0.3) is 0 Å². The largest absolute Gasteiger partial charge is 0.383 e. The highest BCUT2D eigenvalue weighted by molar-refractivity contribution is 5.44. The standard InChI is InChI=1S/C17H28N2/c1-2-3-4-7-15-9-11-16(12-10-15)19-14-17-8-5-6-13-18-17/h9-12,17-19H,2-8,13-14H2,1H3. The van der Waals surface area contributed by atoms with Crippen molar-refractivity contribution in [3.8, 4) is 0 Å². The number of hydrogen-bond acceptors (Lipinski definition) is 2. The van der Waals surface area contributed by atoms with Gasteiger partial charge in [0.05, 0.1) is 0 Å². The maximum absolute atomic E-state index is 3.57. The fraction of sp³-hybridized carbons (Fsp3) is 0.647. The van der Waals surface area contributed by atoms with Crippen LogP contribution in [-0.2, 0) is 6.42 Å². The molecule has 2 nitrogen and oxygen atoms in total. The summed E-state index contributed by atoms with van der Waals surface area (Å²) in [6, 6.07) is 9.64. The molecule has 1 aromatic rings. The van der Waals surface area contributed by atoms with E-state index in [2.05, 4.69) is 41.8 Å². The Morgan fingerprint density at radius 1 is 1.16 bits per heavy atom. The van der Waals surface area contributed by atoms with Crippen LogP contribution in [0.1, 0.15) is 51.0 Å². The molecule has 0 amide bonds. The van der Waals surface area contributed by atoms with Gasteiger partial charge in [-0.2, -0.15) is 0 Å². The van der Waals surface area contributed by atoms with E-state index in [0.29, 0.717) is 6.04 Å². The Morgan fingerprint density at radius 3 is 2.68 bits per heavy atom. The van der Waals surface area contributed by atoms with Crippen molar-refractivity contribution in [3.05, 3.63) is 29.8 Å². The molecule has 1 atom stereocenters. The second-order valence-electron chi connectivity index (χ2n) is 5.68. The van der Waals surface area contributed by atoms with E-state index in [9.17, 15) is 0 Å². The monoisotopic (exact) mass is 260 g/mol. The summed E-state index contributed by atoms with van der Waals surface area (Å²) >= 11 is 0. The van der Waals surface area contributed by atoms with Crippen LogP contribution in [0.25, 0.3) is 0 Å². The van der Waals surface area contributed by atoms with Gasteiger partial charge in [-0.05, 0) is 49.9 Å². The van der Waals surface area contributed by atoms with E-state index < -0.39 is 0 Å². The topological polar surface area (TPSA) is 24.1 Å². The summed E-state index contributed by atoms with van der Waals surface area (Å²) in [5.41, 5.74) is 2.72. The van der Waals surface area contributed by atoms with E-state index in [4.69, 9.17) is 0 Å². The molecule has 19 heavy (non-hydrogen) atoms. The Kier molecular flexibility index (Phi) is 6.22. The van der Waals surface area contributed by atoms with Crippen molar-refractivity contribution >= 4 is 5.69 Å². The molecule has 0 aromatic heterocycles. The molecule has 0 spiro atoms. The SMILES string of the molecule is CCCCCc1ccc(NCC2CCCCN2)cc1. The van der Waals surface area contributed by atoms with Crippen molar-refractivity contribution in [2.45, 2.75) is 57.9 Å². The molecular weight excluding hydrogens is 232 g/mol. The van der Waals surface area contributed by atoms with Crippen LogP contribution in [0.15, 0.2) is 24.3 Å². The second kappa shape index (κ2) is 8.21. The third-order valence-corrected chi connectivity index (χ3v) is 3.99. The maximum atomic E-state index is 3.57. The van der Waals surface area contributed by atoms with Gasteiger partial charge in [-0.3, -0.25) is 0 Å². The van der Waals surface area contributed by atoms with Gasteiger partial charge in [0, 0.05) is 18.3 Å². The van der Waals surface area contributed by atoms with E-state index >= 15 is 0 Å². The number of aryl methyl sites for hydroxylation is 1. The smallest absolute Gasteiger partial charge is 0.0340 e. The molecule has 0 bridgehead atoms. The minimum atomic E-state index is 0.651. The predicted octanol–water partition coefficient (Wildman–Crippen LogP) is 3.97. The minimum Gasteiger partial charge on any atom is -0.383 e. The lowest BCUT2D eigenvalue weighted by molar-refractivity contribution is 0.414. The lowest BCUT2D eigenvalue weighted by Crippen LogP contribution is -2.39. The van der Waals surface area contributed by atoms with E-state index in [-0.39, 0.29) is 0 Å². The summed E-state index contributed by atoms with van der Waals surface area (Å²) in [6.45, 7) is 4.49. The van der Waals surface area contributed by atoms with E-state index in [0.717, 1.165) is 6.54 Å². The van der Waals surface area contributed by atoms with Gasteiger partial charge in [-0.25, -0.2) is 0 Å². The number of unbranched alkanes of at least 4 members (excludes halogenated alkanes) is 2. The molecule has 1 fully saturated rings. The first-order valence-electron chi connectivity index (χ1n) is 7.94. The van der Waals surface area contributed by atoms with E-state index in [1.165, 1.54) is 62.7 Å². The summed E-state index contributed by atoms with van der Waals surface area (Å²) < 4.78 is 0. The van der Waals surface area contributed by atoms with Gasteiger partial charge in [0.1, 0.15) is 0 Å². The first-order chi connectivity index (χ1) is 9.38. The van der Waals surface area contributed by atoms with Crippen molar-refractivity contribution in [1.29, 1.82) is 0 Å². The summed E-state index contributed by atoms with van der Waals surface area (Å²) in [4.78, 5) is 0. The lowest BCUT2D eigenvalue weighted by atomic mass is 10.0. The number of benzene rings is 1. The van der Waals surface area contributed by atoms with Crippen molar-refractivity contribution in [2.24, 2.45) is 0 Å². The predicted molar refractivity (Wildman–Crippen MR) is 83.8 cm³/mol. The van der Waals surface area contributed by atoms with Gasteiger partial charge in [-0.15, -0.1) is 0 Å².